The van der Waals surface area contributed by atoms with Gasteiger partial charge >= 0.3 is 0 Å². The first kappa shape index (κ1) is 15.7. The fourth-order valence-electron chi connectivity index (χ4n) is 2.47. The maximum Gasteiger partial charge on any atom is 0.256 e. The minimum Gasteiger partial charge on any atom is -0.497 e. The Bertz CT molecular complexity index is 651. The Balaban J connectivity index is 1.85. The molecule has 0 amide bonds. The fraction of sp³-hybridized carbons (Fsp3) is 0.467. The maximum atomic E-state index is 9.77. The highest BCUT2D eigenvalue weighted by Gasteiger charge is 2.37. The number of aliphatic hydroxyl groups is 2. The SMILES string of the molecule is COc1cc(OC)cc(-c2noc([C@H]3C[C@H](O)[C@@H](CO)O3)n2)c1. The molecule has 23 heavy (non-hydrogen) atoms. The van der Waals surface area contributed by atoms with E-state index in [1.165, 1.54) is 0 Å². The number of aromatic nitrogens is 2. The molecule has 2 N–H and O–H groups in total. The monoisotopic (exact) mass is 322 g/mol. The van der Waals surface area contributed by atoms with Crippen LogP contribution in [-0.2, 0) is 4.74 Å². The molecule has 8 heteroatoms. The van der Waals surface area contributed by atoms with Gasteiger partial charge < -0.3 is 28.9 Å². The highest BCUT2D eigenvalue weighted by atomic mass is 16.6. The maximum absolute atomic E-state index is 9.77. The smallest absolute Gasteiger partial charge is 0.256 e. The topological polar surface area (TPSA) is 107 Å². The molecular formula is C15H18N2O6. The van der Waals surface area contributed by atoms with E-state index in [2.05, 4.69) is 10.1 Å². The van der Waals surface area contributed by atoms with Gasteiger partial charge in [0, 0.05) is 18.1 Å². The summed E-state index contributed by atoms with van der Waals surface area (Å²) in [5, 5.41) is 22.8. The number of benzene rings is 1. The Morgan fingerprint density at radius 1 is 1.22 bits per heavy atom. The Kier molecular flexibility index (Phi) is 4.46. The number of methoxy groups -OCH3 is 2. The first-order chi connectivity index (χ1) is 11.1. The minimum atomic E-state index is -0.753. The lowest BCUT2D eigenvalue weighted by Crippen LogP contribution is -2.24. The van der Waals surface area contributed by atoms with Gasteiger partial charge in [0.25, 0.3) is 5.89 Å². The van der Waals surface area contributed by atoms with Crippen molar-refractivity contribution in [3.05, 3.63) is 24.1 Å². The van der Waals surface area contributed by atoms with Gasteiger partial charge in [-0.2, -0.15) is 4.98 Å². The molecule has 0 aliphatic carbocycles. The van der Waals surface area contributed by atoms with Crippen molar-refractivity contribution < 1.29 is 28.9 Å². The van der Waals surface area contributed by atoms with E-state index in [4.69, 9.17) is 23.8 Å². The molecule has 1 saturated heterocycles. The predicted octanol–water partition coefficient (Wildman–Crippen LogP) is 0.937. The van der Waals surface area contributed by atoms with Crippen molar-refractivity contribution in [2.75, 3.05) is 20.8 Å². The average molecular weight is 322 g/mol. The van der Waals surface area contributed by atoms with E-state index in [0.29, 0.717) is 29.3 Å². The van der Waals surface area contributed by atoms with Gasteiger partial charge in [-0.15, -0.1) is 0 Å². The summed E-state index contributed by atoms with van der Waals surface area (Å²) in [6, 6.07) is 5.27. The summed E-state index contributed by atoms with van der Waals surface area (Å²) in [6.07, 6.45) is -1.62. The summed E-state index contributed by atoms with van der Waals surface area (Å²) in [6.45, 7) is -0.258. The summed E-state index contributed by atoms with van der Waals surface area (Å²) in [7, 11) is 3.12. The second-order valence-electron chi connectivity index (χ2n) is 5.21. The third-order valence-electron chi connectivity index (χ3n) is 3.73. The van der Waals surface area contributed by atoms with Gasteiger partial charge in [0.05, 0.1) is 26.9 Å². The van der Waals surface area contributed by atoms with Crippen LogP contribution in [0.2, 0.25) is 0 Å². The molecule has 1 aliphatic rings. The Labute approximate surface area is 132 Å². The molecule has 124 valence electrons. The van der Waals surface area contributed by atoms with Crippen molar-refractivity contribution in [1.82, 2.24) is 10.1 Å². The van der Waals surface area contributed by atoms with E-state index in [1.54, 1.807) is 32.4 Å². The third kappa shape index (κ3) is 3.14. The Hall–Kier alpha value is -2.16. The van der Waals surface area contributed by atoms with Crippen LogP contribution in [0.4, 0.5) is 0 Å². The van der Waals surface area contributed by atoms with Gasteiger partial charge in [0.2, 0.25) is 5.82 Å². The van der Waals surface area contributed by atoms with Crippen LogP contribution in [-0.4, -0.2) is 53.4 Å². The fourth-order valence-corrected chi connectivity index (χ4v) is 2.47. The standard InChI is InChI=1S/C15H18N2O6/c1-20-9-3-8(4-10(5-9)21-2)14-16-15(23-17-14)12-6-11(19)13(7-18)22-12/h3-5,11-13,18-19H,6-7H2,1-2H3/t11-,12+,13+/m0/s1. The second kappa shape index (κ2) is 6.53. The van der Waals surface area contributed by atoms with Crippen LogP contribution in [0, 0.1) is 0 Å². The lowest BCUT2D eigenvalue weighted by Gasteiger charge is -2.09. The third-order valence-corrected chi connectivity index (χ3v) is 3.73. The highest BCUT2D eigenvalue weighted by molar-refractivity contribution is 5.60. The molecule has 1 aromatic heterocycles. The molecule has 2 heterocycles. The normalized spacial score (nSPS) is 23.9. The van der Waals surface area contributed by atoms with Crippen molar-refractivity contribution in [3.8, 4) is 22.9 Å². The van der Waals surface area contributed by atoms with Crippen molar-refractivity contribution >= 4 is 0 Å². The average Bonchev–Trinajstić information content (AvgIpc) is 3.20. The van der Waals surface area contributed by atoms with Gasteiger partial charge in [-0.25, -0.2) is 0 Å². The molecule has 0 bridgehead atoms. The molecule has 0 unspecified atom stereocenters. The van der Waals surface area contributed by atoms with Crippen LogP contribution in [0.5, 0.6) is 11.5 Å². The van der Waals surface area contributed by atoms with Crippen molar-refractivity contribution in [2.45, 2.75) is 24.7 Å². The molecule has 1 fully saturated rings. The summed E-state index contributed by atoms with van der Waals surface area (Å²) in [5.74, 6) is 1.84. The van der Waals surface area contributed by atoms with E-state index in [9.17, 15) is 5.11 Å². The van der Waals surface area contributed by atoms with Gasteiger partial charge in [-0.05, 0) is 12.1 Å². The van der Waals surface area contributed by atoms with Crippen LogP contribution in [0.1, 0.15) is 18.4 Å². The zero-order chi connectivity index (χ0) is 16.4. The summed E-state index contributed by atoms with van der Waals surface area (Å²) in [4.78, 5) is 4.31. The van der Waals surface area contributed by atoms with Crippen LogP contribution in [0.3, 0.4) is 0 Å². The molecule has 1 aliphatic heterocycles. The zero-order valence-electron chi connectivity index (χ0n) is 12.8. The van der Waals surface area contributed by atoms with E-state index < -0.39 is 18.3 Å². The Morgan fingerprint density at radius 3 is 2.48 bits per heavy atom. The van der Waals surface area contributed by atoms with E-state index in [-0.39, 0.29) is 12.5 Å². The summed E-state index contributed by atoms with van der Waals surface area (Å²) in [5.41, 5.74) is 0.674. The van der Waals surface area contributed by atoms with E-state index in [1.807, 2.05) is 0 Å². The number of aliphatic hydroxyl groups excluding tert-OH is 2. The number of hydrogen-bond acceptors (Lipinski definition) is 8. The van der Waals surface area contributed by atoms with Crippen molar-refractivity contribution in [2.24, 2.45) is 0 Å². The summed E-state index contributed by atoms with van der Waals surface area (Å²) >= 11 is 0. The van der Waals surface area contributed by atoms with Gasteiger partial charge in [0.15, 0.2) is 0 Å². The summed E-state index contributed by atoms with van der Waals surface area (Å²) < 4.78 is 21.2. The molecule has 3 atom stereocenters. The lowest BCUT2D eigenvalue weighted by molar-refractivity contribution is -0.0303. The molecule has 0 spiro atoms. The second-order valence-corrected chi connectivity index (χ2v) is 5.21. The predicted molar refractivity (Wildman–Crippen MR) is 78.2 cm³/mol. The number of hydrogen-bond donors (Lipinski definition) is 2. The van der Waals surface area contributed by atoms with Gasteiger partial charge in [0.1, 0.15) is 23.7 Å². The highest BCUT2D eigenvalue weighted by Crippen LogP contribution is 2.34. The zero-order valence-corrected chi connectivity index (χ0v) is 12.8. The largest absolute Gasteiger partial charge is 0.497 e. The molecule has 0 saturated carbocycles. The van der Waals surface area contributed by atoms with Crippen molar-refractivity contribution in [3.63, 3.8) is 0 Å². The van der Waals surface area contributed by atoms with Crippen LogP contribution in [0.15, 0.2) is 22.7 Å². The van der Waals surface area contributed by atoms with Crippen LogP contribution < -0.4 is 9.47 Å². The van der Waals surface area contributed by atoms with Crippen LogP contribution >= 0.6 is 0 Å². The molecule has 8 nitrogen and oxygen atoms in total. The van der Waals surface area contributed by atoms with Gasteiger partial charge in [-0.1, -0.05) is 5.16 Å². The number of rotatable bonds is 5. The van der Waals surface area contributed by atoms with E-state index in [0.717, 1.165) is 0 Å². The number of nitrogens with zero attached hydrogens (tertiary/aromatic N) is 2. The molecular weight excluding hydrogens is 304 g/mol. The first-order valence-corrected chi connectivity index (χ1v) is 7.16. The quantitative estimate of drug-likeness (QED) is 0.837. The molecule has 0 radical (unpaired) electrons. The lowest BCUT2D eigenvalue weighted by atomic mass is 10.1. The van der Waals surface area contributed by atoms with Gasteiger partial charge in [-0.3, -0.25) is 0 Å². The van der Waals surface area contributed by atoms with E-state index >= 15 is 0 Å². The molecule has 1 aromatic carbocycles. The molecule has 3 rings (SSSR count). The van der Waals surface area contributed by atoms with Crippen molar-refractivity contribution in [1.29, 1.82) is 0 Å². The number of ether oxygens (including phenoxy) is 3. The van der Waals surface area contributed by atoms with Crippen LogP contribution in [0.25, 0.3) is 11.4 Å². The Morgan fingerprint density at radius 2 is 1.91 bits per heavy atom. The first-order valence-electron chi connectivity index (χ1n) is 7.16. The molecule has 2 aromatic rings. The minimum absolute atomic E-state index is 0.258.